The van der Waals surface area contributed by atoms with Crippen molar-refractivity contribution >= 4 is 15.9 Å². The molecular weight excluding hydrogens is 328 g/mol. The highest BCUT2D eigenvalue weighted by Crippen LogP contribution is 2.16. The first kappa shape index (κ1) is 18.2. The third-order valence-electron chi connectivity index (χ3n) is 3.45. The van der Waals surface area contributed by atoms with Gasteiger partial charge in [0.2, 0.25) is 10.0 Å². The van der Waals surface area contributed by atoms with E-state index in [-0.39, 0.29) is 17.3 Å². The van der Waals surface area contributed by atoms with Gasteiger partial charge in [-0.15, -0.1) is 0 Å². The fourth-order valence-corrected chi connectivity index (χ4v) is 3.09. The number of aryl methyl sites for hydroxylation is 1. The van der Waals surface area contributed by atoms with Crippen molar-refractivity contribution < 1.29 is 17.6 Å². The molecule has 2 rings (SSSR count). The first-order chi connectivity index (χ1) is 11.3. The molecule has 0 radical (unpaired) electrons. The number of hydrogen-bond donors (Lipinski definition) is 2. The summed E-state index contributed by atoms with van der Waals surface area (Å²) < 4.78 is 32.4. The van der Waals surface area contributed by atoms with Crippen LogP contribution in [0.3, 0.4) is 0 Å². The van der Waals surface area contributed by atoms with E-state index in [9.17, 15) is 13.2 Å². The van der Waals surface area contributed by atoms with Crippen LogP contribution in [0.2, 0.25) is 0 Å². The molecule has 1 aromatic heterocycles. The number of hydrogen-bond acceptors (Lipinski definition) is 4. The fourth-order valence-electron chi connectivity index (χ4n) is 2.07. The first-order valence-electron chi connectivity index (χ1n) is 7.70. The second kappa shape index (κ2) is 7.63. The van der Waals surface area contributed by atoms with Crippen molar-refractivity contribution in [1.29, 1.82) is 0 Å². The molecule has 1 heterocycles. The first-order valence-corrected chi connectivity index (χ1v) is 9.19. The Morgan fingerprint density at radius 1 is 1.25 bits per heavy atom. The molecule has 0 saturated heterocycles. The monoisotopic (exact) mass is 350 g/mol. The van der Waals surface area contributed by atoms with E-state index in [0.717, 1.165) is 5.56 Å². The van der Waals surface area contributed by atoms with Crippen LogP contribution in [0.4, 0.5) is 0 Å². The summed E-state index contributed by atoms with van der Waals surface area (Å²) in [7, 11) is -3.73. The Labute approximate surface area is 142 Å². The van der Waals surface area contributed by atoms with Crippen molar-refractivity contribution in [2.24, 2.45) is 5.92 Å². The lowest BCUT2D eigenvalue weighted by Crippen LogP contribution is -2.28. The SMILES string of the molecule is Cc1ccc(S(=O)(=O)NCc2ccco2)cc1C(=O)NCC(C)C. The van der Waals surface area contributed by atoms with Gasteiger partial charge in [-0.1, -0.05) is 19.9 Å². The van der Waals surface area contributed by atoms with E-state index in [1.807, 2.05) is 13.8 Å². The lowest BCUT2D eigenvalue weighted by atomic mass is 10.1. The summed E-state index contributed by atoms with van der Waals surface area (Å²) in [4.78, 5) is 12.3. The topological polar surface area (TPSA) is 88.4 Å². The molecule has 0 saturated carbocycles. The van der Waals surface area contributed by atoms with E-state index in [0.29, 0.717) is 23.8 Å². The molecule has 0 aliphatic heterocycles. The van der Waals surface area contributed by atoms with Crippen molar-refractivity contribution in [2.45, 2.75) is 32.2 Å². The Morgan fingerprint density at radius 2 is 2.00 bits per heavy atom. The summed E-state index contributed by atoms with van der Waals surface area (Å²) >= 11 is 0. The molecule has 6 nitrogen and oxygen atoms in total. The number of rotatable bonds is 7. The van der Waals surface area contributed by atoms with Crippen molar-refractivity contribution in [3.8, 4) is 0 Å². The minimum absolute atomic E-state index is 0.0503. The zero-order valence-electron chi connectivity index (χ0n) is 14.0. The summed E-state index contributed by atoms with van der Waals surface area (Å²) in [6.45, 7) is 6.35. The maximum Gasteiger partial charge on any atom is 0.251 e. The van der Waals surface area contributed by atoms with Crippen molar-refractivity contribution in [2.75, 3.05) is 6.54 Å². The molecule has 0 bridgehead atoms. The van der Waals surface area contributed by atoms with Crippen LogP contribution in [0, 0.1) is 12.8 Å². The molecule has 0 spiro atoms. The smallest absolute Gasteiger partial charge is 0.251 e. The van der Waals surface area contributed by atoms with Crippen LogP contribution < -0.4 is 10.0 Å². The van der Waals surface area contributed by atoms with E-state index < -0.39 is 10.0 Å². The third kappa shape index (κ3) is 4.69. The van der Waals surface area contributed by atoms with Gasteiger partial charge >= 0.3 is 0 Å². The average Bonchev–Trinajstić information content (AvgIpc) is 3.04. The lowest BCUT2D eigenvalue weighted by molar-refractivity contribution is 0.0948. The van der Waals surface area contributed by atoms with Gasteiger partial charge in [0.15, 0.2) is 0 Å². The summed E-state index contributed by atoms with van der Waals surface area (Å²) in [5.41, 5.74) is 1.08. The van der Waals surface area contributed by atoms with Crippen LogP contribution in [0.1, 0.15) is 35.5 Å². The molecule has 7 heteroatoms. The van der Waals surface area contributed by atoms with E-state index in [2.05, 4.69) is 10.0 Å². The quantitative estimate of drug-likeness (QED) is 0.803. The number of amides is 1. The van der Waals surface area contributed by atoms with Crippen LogP contribution in [0.15, 0.2) is 45.9 Å². The maximum absolute atomic E-state index is 12.4. The minimum Gasteiger partial charge on any atom is -0.468 e. The highest BCUT2D eigenvalue weighted by atomic mass is 32.2. The molecule has 24 heavy (non-hydrogen) atoms. The van der Waals surface area contributed by atoms with Crippen LogP contribution in [-0.4, -0.2) is 20.9 Å². The Morgan fingerprint density at radius 3 is 2.62 bits per heavy atom. The van der Waals surface area contributed by atoms with Gasteiger partial charge in [0.05, 0.1) is 17.7 Å². The van der Waals surface area contributed by atoms with Crippen LogP contribution >= 0.6 is 0 Å². The summed E-state index contributed by atoms with van der Waals surface area (Å²) in [5.74, 6) is 0.556. The highest BCUT2D eigenvalue weighted by Gasteiger charge is 2.18. The van der Waals surface area contributed by atoms with Gasteiger partial charge in [0.25, 0.3) is 5.91 Å². The second-order valence-electron chi connectivity index (χ2n) is 5.98. The number of furan rings is 1. The Hall–Kier alpha value is -2.12. The third-order valence-corrected chi connectivity index (χ3v) is 4.85. The number of carbonyl (C=O) groups excluding carboxylic acids is 1. The highest BCUT2D eigenvalue weighted by molar-refractivity contribution is 7.89. The Kier molecular flexibility index (Phi) is 5.80. The fraction of sp³-hybridized carbons (Fsp3) is 0.353. The van der Waals surface area contributed by atoms with Gasteiger partial charge in [0, 0.05) is 12.1 Å². The molecule has 0 aliphatic carbocycles. The van der Waals surface area contributed by atoms with Gasteiger partial charge in [-0.05, 0) is 42.7 Å². The van der Waals surface area contributed by atoms with Crippen LogP contribution in [0.5, 0.6) is 0 Å². The summed E-state index contributed by atoms with van der Waals surface area (Å²) in [5, 5.41) is 2.80. The van der Waals surface area contributed by atoms with Gasteiger partial charge in [-0.25, -0.2) is 13.1 Å². The van der Waals surface area contributed by atoms with E-state index in [1.165, 1.54) is 18.4 Å². The van der Waals surface area contributed by atoms with Gasteiger partial charge in [-0.3, -0.25) is 4.79 Å². The number of benzene rings is 1. The number of carbonyl (C=O) groups is 1. The predicted octanol–water partition coefficient (Wildman–Crippen LogP) is 2.45. The number of sulfonamides is 1. The molecule has 130 valence electrons. The molecule has 1 amide bonds. The standard InChI is InChI=1S/C17H22N2O4S/c1-12(2)10-18-17(20)16-9-15(7-6-13(16)3)24(21,22)19-11-14-5-4-8-23-14/h4-9,12,19H,10-11H2,1-3H3,(H,18,20). The predicted molar refractivity (Wildman–Crippen MR) is 91.1 cm³/mol. The molecule has 0 unspecified atom stereocenters. The molecule has 0 aliphatic rings. The van der Waals surface area contributed by atoms with Crippen molar-refractivity contribution in [3.05, 3.63) is 53.5 Å². The van der Waals surface area contributed by atoms with E-state index >= 15 is 0 Å². The summed E-state index contributed by atoms with van der Waals surface area (Å²) in [6.07, 6.45) is 1.48. The van der Waals surface area contributed by atoms with Crippen molar-refractivity contribution in [1.82, 2.24) is 10.0 Å². The van der Waals surface area contributed by atoms with Crippen LogP contribution in [0.25, 0.3) is 0 Å². The van der Waals surface area contributed by atoms with Gasteiger partial charge in [-0.2, -0.15) is 0 Å². The zero-order chi connectivity index (χ0) is 17.7. The zero-order valence-corrected chi connectivity index (χ0v) is 14.8. The van der Waals surface area contributed by atoms with E-state index in [4.69, 9.17) is 4.42 Å². The van der Waals surface area contributed by atoms with E-state index in [1.54, 1.807) is 25.1 Å². The lowest BCUT2D eigenvalue weighted by Gasteiger charge is -2.12. The van der Waals surface area contributed by atoms with Crippen molar-refractivity contribution in [3.63, 3.8) is 0 Å². The summed E-state index contributed by atoms with van der Waals surface area (Å²) in [6, 6.07) is 7.88. The maximum atomic E-state index is 12.4. The second-order valence-corrected chi connectivity index (χ2v) is 7.75. The molecule has 2 aromatic rings. The molecule has 2 N–H and O–H groups in total. The van der Waals surface area contributed by atoms with Gasteiger partial charge in [0.1, 0.15) is 5.76 Å². The Bertz CT molecular complexity index is 796. The minimum atomic E-state index is -3.73. The molecular formula is C17H22N2O4S. The largest absolute Gasteiger partial charge is 0.468 e. The molecule has 0 fully saturated rings. The average molecular weight is 350 g/mol. The van der Waals surface area contributed by atoms with Gasteiger partial charge < -0.3 is 9.73 Å². The Balaban J connectivity index is 2.18. The number of nitrogens with one attached hydrogen (secondary N) is 2. The normalized spacial score (nSPS) is 11.7. The van der Waals surface area contributed by atoms with Crippen LogP contribution in [-0.2, 0) is 16.6 Å². The molecule has 1 aromatic carbocycles. The molecule has 0 atom stereocenters.